The summed E-state index contributed by atoms with van der Waals surface area (Å²) in [5, 5.41) is 39.8. The Bertz CT molecular complexity index is 386. The van der Waals surface area contributed by atoms with Gasteiger partial charge in [0, 0.05) is 0 Å². The van der Waals surface area contributed by atoms with Crippen molar-refractivity contribution in [2.24, 2.45) is 0 Å². The summed E-state index contributed by atoms with van der Waals surface area (Å²) in [6, 6.07) is 1.43. The number of hydrogen-bond acceptors (Lipinski definition) is 5. The maximum Gasteiger partial charge on any atom is 1.00 e. The van der Waals surface area contributed by atoms with Crippen LogP contribution in [0.5, 0.6) is 5.75 Å². The number of aromatic hydroxyl groups is 1. The Labute approximate surface area is 106 Å². The van der Waals surface area contributed by atoms with E-state index in [9.17, 15) is 13.6 Å². The Morgan fingerprint density at radius 3 is 2.06 bits per heavy atom. The summed E-state index contributed by atoms with van der Waals surface area (Å²) in [5.41, 5.74) is -0.658. The van der Waals surface area contributed by atoms with E-state index < -0.39 is 36.2 Å². The van der Waals surface area contributed by atoms with Crippen molar-refractivity contribution in [3.8, 4) is 5.75 Å². The number of rotatable bonds is 1. The first-order chi connectivity index (χ1) is 7.27. The van der Waals surface area contributed by atoms with E-state index >= 15 is 0 Å². The summed E-state index contributed by atoms with van der Waals surface area (Å²) < 4.78 is 24.8. The van der Waals surface area contributed by atoms with Gasteiger partial charge in [0.2, 0.25) is 5.82 Å². The normalized spacial score (nSPS) is 8.53. The van der Waals surface area contributed by atoms with Gasteiger partial charge in [0.15, 0.2) is 11.6 Å². The Morgan fingerprint density at radius 1 is 1.29 bits per heavy atom. The molecule has 17 heavy (non-hydrogen) atoms. The predicted octanol–water partition coefficient (Wildman–Crippen LogP) is -4.31. The van der Waals surface area contributed by atoms with Gasteiger partial charge in [-0.15, -0.1) is 0 Å². The second kappa shape index (κ2) is 8.05. The largest absolute Gasteiger partial charge is 1.00 e. The summed E-state index contributed by atoms with van der Waals surface area (Å²) in [6.07, 6.45) is 0. The number of phenols is 1. The van der Waals surface area contributed by atoms with Gasteiger partial charge >= 0.3 is 32.2 Å². The zero-order chi connectivity index (χ0) is 12.9. The van der Waals surface area contributed by atoms with Gasteiger partial charge in [0.25, 0.3) is 0 Å². The molecule has 0 radical (unpaired) electrons. The van der Waals surface area contributed by atoms with Gasteiger partial charge in [-0.2, -0.15) is 4.39 Å². The monoisotopic (exact) mass is 242 g/mol. The molecule has 1 aromatic rings. The molecule has 0 aliphatic rings. The quantitative estimate of drug-likeness (QED) is 0.369. The summed E-state index contributed by atoms with van der Waals surface area (Å²) in [5.74, 6) is -5.51. The first-order valence-corrected chi connectivity index (χ1v) is 3.69. The second-order valence-corrected chi connectivity index (χ2v) is 2.39. The number of aromatic carboxylic acids is 1. The van der Waals surface area contributed by atoms with Gasteiger partial charge in [-0.3, -0.25) is 0 Å². The van der Waals surface area contributed by atoms with E-state index in [-0.39, 0.29) is 18.9 Å². The minimum Gasteiger partial charge on any atom is -0.832 e. The first-order valence-electron chi connectivity index (χ1n) is 3.69. The molecule has 0 fully saturated rings. The Morgan fingerprint density at radius 2 is 1.71 bits per heavy atom. The number of carboxylic acids is 1. The van der Waals surface area contributed by atoms with Crippen LogP contribution in [0.1, 0.15) is 10.4 Å². The summed E-state index contributed by atoms with van der Waals surface area (Å²) >= 11 is 0. The molecule has 0 aromatic heterocycles. The smallest absolute Gasteiger partial charge is 0.832 e. The van der Waals surface area contributed by atoms with Crippen molar-refractivity contribution in [2.75, 3.05) is 0 Å². The third kappa shape index (κ3) is 6.26. The molecule has 88 valence electrons. The minimum atomic E-state index is -2.42. The van der Waals surface area contributed by atoms with Crippen molar-refractivity contribution < 1.29 is 57.7 Å². The minimum absolute atomic E-state index is 0. The summed E-state index contributed by atoms with van der Waals surface area (Å²) in [6.45, 7) is 0. The van der Waals surface area contributed by atoms with E-state index in [1.54, 1.807) is 0 Å². The molecule has 0 amide bonds. The zero-order valence-electron chi connectivity index (χ0n) is 8.59. The van der Waals surface area contributed by atoms with Crippen LogP contribution in [0.3, 0.4) is 0 Å². The van der Waals surface area contributed by atoms with Gasteiger partial charge in [0.1, 0.15) is 5.56 Å². The third-order valence-electron chi connectivity index (χ3n) is 1.30. The third-order valence-corrected chi connectivity index (χ3v) is 1.30. The SMILES string of the molecule is O=C(O)c1ccc(F)c(F)c1O.[Li+].[O-]B(O)O. The molecule has 1 aromatic carbocycles. The number of halogens is 2. The number of benzene rings is 1. The topological polar surface area (TPSA) is 121 Å². The van der Waals surface area contributed by atoms with E-state index in [1.807, 2.05) is 0 Å². The van der Waals surface area contributed by atoms with Crippen molar-refractivity contribution in [2.45, 2.75) is 0 Å². The van der Waals surface area contributed by atoms with E-state index in [4.69, 9.17) is 25.3 Å². The maximum absolute atomic E-state index is 12.5. The van der Waals surface area contributed by atoms with Crippen LogP contribution in [-0.4, -0.2) is 33.6 Å². The van der Waals surface area contributed by atoms with Crippen molar-refractivity contribution >= 4 is 13.3 Å². The van der Waals surface area contributed by atoms with E-state index in [0.717, 1.165) is 6.07 Å². The van der Waals surface area contributed by atoms with Crippen LogP contribution in [0.2, 0.25) is 0 Å². The summed E-state index contributed by atoms with van der Waals surface area (Å²) in [4.78, 5) is 10.2. The fourth-order valence-corrected chi connectivity index (χ4v) is 0.713. The molecule has 0 aliphatic carbocycles. The van der Waals surface area contributed by atoms with Gasteiger partial charge in [0.05, 0.1) is 0 Å². The van der Waals surface area contributed by atoms with Crippen molar-refractivity contribution in [1.29, 1.82) is 0 Å². The molecular weight excluding hydrogens is 236 g/mol. The average Bonchev–Trinajstić information content (AvgIpc) is 2.13. The predicted molar refractivity (Wildman–Crippen MR) is 45.2 cm³/mol. The van der Waals surface area contributed by atoms with Gasteiger partial charge in [-0.1, -0.05) is 0 Å². The van der Waals surface area contributed by atoms with Crippen LogP contribution in [0, 0.1) is 11.6 Å². The van der Waals surface area contributed by atoms with Crippen molar-refractivity contribution in [3.63, 3.8) is 0 Å². The molecule has 1 rings (SSSR count). The van der Waals surface area contributed by atoms with Crippen LogP contribution in [0.15, 0.2) is 12.1 Å². The Kier molecular flexibility index (Phi) is 8.65. The average molecular weight is 242 g/mol. The van der Waals surface area contributed by atoms with Gasteiger partial charge < -0.3 is 25.3 Å². The molecule has 0 bridgehead atoms. The van der Waals surface area contributed by atoms with Crippen LogP contribution < -0.4 is 23.9 Å². The van der Waals surface area contributed by atoms with Crippen molar-refractivity contribution in [3.05, 3.63) is 29.3 Å². The molecule has 6 nitrogen and oxygen atoms in total. The fraction of sp³-hybridized carbons (Fsp3) is 0. The maximum atomic E-state index is 12.5. The van der Waals surface area contributed by atoms with Crippen LogP contribution >= 0.6 is 0 Å². The Hall–Kier alpha value is -1.11. The molecule has 0 unspecified atom stereocenters. The van der Waals surface area contributed by atoms with Crippen LogP contribution in [0.25, 0.3) is 0 Å². The molecule has 0 aliphatic heterocycles. The first kappa shape index (κ1) is 18.3. The van der Waals surface area contributed by atoms with E-state index in [1.165, 1.54) is 0 Å². The number of carbonyl (C=O) groups is 1. The Balaban J connectivity index is 0. The molecule has 10 heteroatoms. The summed E-state index contributed by atoms with van der Waals surface area (Å²) in [7, 11) is -2.42. The van der Waals surface area contributed by atoms with Crippen molar-refractivity contribution in [1.82, 2.24) is 0 Å². The van der Waals surface area contributed by atoms with Crippen LogP contribution in [0.4, 0.5) is 8.78 Å². The number of hydrogen-bond donors (Lipinski definition) is 4. The van der Waals surface area contributed by atoms with E-state index in [2.05, 4.69) is 0 Å². The molecule has 0 heterocycles. The van der Waals surface area contributed by atoms with E-state index in [0.29, 0.717) is 6.07 Å². The molecule has 0 spiro atoms. The standard InChI is InChI=1S/C7H4F2O3.BH2O3.Li/c8-4-2-1-3(7(11)12)6(10)5(4)9;2-1(3)4;/h1-2,10H,(H,11,12);2-3H;/q;-1;+1. The molecule has 0 saturated heterocycles. The van der Waals surface area contributed by atoms with Gasteiger partial charge in [-0.05, 0) is 12.1 Å². The molecular formula is C7H6BF2LiO6. The molecule has 0 atom stereocenters. The number of carboxylic acid groups (broad SMARTS) is 1. The zero-order valence-corrected chi connectivity index (χ0v) is 8.59. The molecule has 4 N–H and O–H groups in total. The molecule has 0 saturated carbocycles. The van der Waals surface area contributed by atoms with Gasteiger partial charge in [-0.25, -0.2) is 9.18 Å². The van der Waals surface area contributed by atoms with Crippen LogP contribution in [-0.2, 0) is 0 Å². The fourth-order valence-electron chi connectivity index (χ4n) is 0.713. The second-order valence-electron chi connectivity index (χ2n) is 2.39.